The fourth-order valence-corrected chi connectivity index (χ4v) is 2.22. The third kappa shape index (κ3) is 0.609. The molecule has 0 heterocycles. The summed E-state index contributed by atoms with van der Waals surface area (Å²) in [5.41, 5.74) is 0.278. The van der Waals surface area contributed by atoms with Crippen LogP contribution in [0.25, 0.3) is 0 Å². The molecule has 1 heteroatoms. The molecular weight excluding hydrogens is 124 g/mol. The van der Waals surface area contributed by atoms with Gasteiger partial charge in [0.25, 0.3) is 0 Å². The number of ketones is 1. The molecule has 0 aromatic heterocycles. The van der Waals surface area contributed by atoms with Gasteiger partial charge in [-0.25, -0.2) is 0 Å². The fourth-order valence-electron chi connectivity index (χ4n) is 2.22. The smallest absolute Gasteiger partial charge is 0.133 e. The van der Waals surface area contributed by atoms with Crippen molar-refractivity contribution in [3.8, 4) is 0 Å². The molecule has 0 unspecified atom stereocenters. The van der Waals surface area contributed by atoms with E-state index in [2.05, 4.69) is 13.8 Å². The summed E-state index contributed by atoms with van der Waals surface area (Å²) in [6, 6.07) is 0. The molecule has 0 saturated heterocycles. The molecule has 1 nitrogen and oxygen atoms in total. The van der Waals surface area contributed by atoms with E-state index in [0.717, 1.165) is 6.42 Å². The third-order valence-corrected chi connectivity index (χ3v) is 3.38. The summed E-state index contributed by atoms with van der Waals surface area (Å²) in [7, 11) is 0. The van der Waals surface area contributed by atoms with E-state index in [1.165, 1.54) is 0 Å². The molecule has 10 heavy (non-hydrogen) atoms. The Hall–Kier alpha value is -0.330. The van der Waals surface area contributed by atoms with E-state index >= 15 is 0 Å². The molecule has 2 bridgehead atoms. The summed E-state index contributed by atoms with van der Waals surface area (Å²) in [6.07, 6.45) is 1.37. The van der Waals surface area contributed by atoms with Crippen LogP contribution in [0.2, 0.25) is 0 Å². The van der Waals surface area contributed by atoms with Crippen LogP contribution in [0.3, 0.4) is 0 Å². The normalized spacial score (nSPS) is 51.6. The highest BCUT2D eigenvalue weighted by atomic mass is 16.1. The van der Waals surface area contributed by atoms with Crippen LogP contribution in [-0.2, 0) is 4.79 Å². The number of carbonyl (C=O) groups excluding carboxylic acids is 1. The predicted octanol–water partition coefficient (Wildman–Crippen LogP) is 2.01. The van der Waals surface area contributed by atoms with Crippen LogP contribution in [-0.4, -0.2) is 5.78 Å². The lowest BCUT2D eigenvalue weighted by atomic mass is 9.49. The quantitative estimate of drug-likeness (QED) is 0.501. The van der Waals surface area contributed by atoms with E-state index in [4.69, 9.17) is 1.37 Å². The Bertz CT molecular complexity index is 210. The minimum absolute atomic E-state index is 0.172. The summed E-state index contributed by atoms with van der Waals surface area (Å²) in [5, 5.41) is 0. The first kappa shape index (κ1) is 5.34. The first-order valence-electron chi connectivity index (χ1n) is 4.56. The maximum Gasteiger partial charge on any atom is 0.133 e. The molecule has 3 rings (SSSR count). The average Bonchev–Trinajstić information content (AvgIpc) is 1.93. The van der Waals surface area contributed by atoms with Crippen molar-refractivity contribution in [2.75, 3.05) is 0 Å². The Morgan fingerprint density at radius 3 is 2.70 bits per heavy atom. The van der Waals surface area contributed by atoms with Crippen LogP contribution in [0.1, 0.15) is 34.5 Å². The predicted molar refractivity (Wildman–Crippen MR) is 39.6 cm³/mol. The second-order valence-corrected chi connectivity index (χ2v) is 4.20. The molecule has 3 fully saturated rings. The van der Waals surface area contributed by atoms with Crippen LogP contribution in [0.5, 0.6) is 0 Å². The molecule has 0 amide bonds. The summed E-state index contributed by atoms with van der Waals surface area (Å²) in [6.45, 7) is 4.39. The molecule has 0 aromatic carbocycles. The highest BCUT2D eigenvalue weighted by Crippen LogP contribution is 2.57. The highest BCUT2D eigenvalue weighted by molar-refractivity contribution is 5.81. The molecule has 0 spiro atoms. The minimum Gasteiger partial charge on any atom is -0.300 e. The van der Waals surface area contributed by atoms with Gasteiger partial charge in [-0.2, -0.15) is 0 Å². The van der Waals surface area contributed by atoms with Gasteiger partial charge in [-0.1, -0.05) is 13.8 Å². The van der Waals surface area contributed by atoms with Crippen molar-refractivity contribution in [1.29, 1.82) is 0 Å². The van der Waals surface area contributed by atoms with Gasteiger partial charge in [0.2, 0.25) is 0 Å². The molecule has 3 saturated carbocycles. The molecular formula is C9H14O. The van der Waals surface area contributed by atoms with E-state index in [1.807, 2.05) is 0 Å². The molecule has 0 aromatic rings. The molecule has 3 aliphatic rings. The van der Waals surface area contributed by atoms with Crippen molar-refractivity contribution in [1.82, 2.24) is 0 Å². The highest BCUT2D eigenvalue weighted by Gasteiger charge is 2.52. The average molecular weight is 139 g/mol. The van der Waals surface area contributed by atoms with Crippen LogP contribution in [0, 0.1) is 17.3 Å². The third-order valence-electron chi connectivity index (χ3n) is 3.38. The monoisotopic (exact) mass is 139 g/mol. The van der Waals surface area contributed by atoms with Gasteiger partial charge in [-0.3, -0.25) is 4.79 Å². The van der Waals surface area contributed by atoms with Gasteiger partial charge in [0.1, 0.15) is 5.78 Å². The number of hydrogen-bond donors (Lipinski definition) is 0. The van der Waals surface area contributed by atoms with Gasteiger partial charge in [0.05, 0.1) is 0 Å². The van der Waals surface area contributed by atoms with Crippen LogP contribution in [0.4, 0.5) is 0 Å². The second-order valence-electron chi connectivity index (χ2n) is 4.20. The fraction of sp³-hybridized carbons (Fsp3) is 0.889. The number of fused-ring (bicyclic) bond motifs is 2. The Kier molecular flexibility index (Phi) is 0.872. The first-order valence-corrected chi connectivity index (χ1v) is 3.98. The maximum absolute atomic E-state index is 11.1. The molecule has 3 aliphatic carbocycles. The van der Waals surface area contributed by atoms with Crippen LogP contribution >= 0.6 is 0 Å². The molecule has 0 N–H and O–H groups in total. The summed E-state index contributed by atoms with van der Waals surface area (Å²) in [5.74, 6) is 1.11. The SMILES string of the molecule is [2H][C@@H]1C(=O)C[C@H]2C[C@@H]1C2(C)C. The lowest BCUT2D eigenvalue weighted by molar-refractivity contribution is -0.140. The molecule has 56 valence electrons. The van der Waals surface area contributed by atoms with Crippen LogP contribution < -0.4 is 0 Å². The van der Waals surface area contributed by atoms with Gasteiger partial charge < -0.3 is 0 Å². The van der Waals surface area contributed by atoms with Crippen molar-refractivity contribution in [3.63, 3.8) is 0 Å². The minimum atomic E-state index is -0.407. The molecule has 0 radical (unpaired) electrons. The molecule has 0 aliphatic heterocycles. The van der Waals surface area contributed by atoms with Crippen molar-refractivity contribution in [2.45, 2.75) is 33.1 Å². The Morgan fingerprint density at radius 1 is 1.60 bits per heavy atom. The zero-order valence-electron chi connectivity index (χ0n) is 7.55. The van der Waals surface area contributed by atoms with E-state index in [9.17, 15) is 4.79 Å². The van der Waals surface area contributed by atoms with Crippen molar-refractivity contribution >= 4 is 5.78 Å². The molecule has 3 atom stereocenters. The van der Waals surface area contributed by atoms with Gasteiger partial charge in [0, 0.05) is 14.2 Å². The summed E-state index contributed by atoms with van der Waals surface area (Å²) in [4.78, 5) is 11.1. The van der Waals surface area contributed by atoms with Crippen molar-refractivity contribution in [2.24, 2.45) is 17.3 Å². The standard InChI is InChI=1S/C9H14O/c1-9(2)6-3-7(9)5-8(10)4-6/h6-7H,3-5H2,1-2H3/t6-,7+/i4D/t4-,6-,7+/m0/s1. The Balaban J connectivity index is 2.23. The van der Waals surface area contributed by atoms with E-state index in [0.29, 0.717) is 18.3 Å². The van der Waals surface area contributed by atoms with Gasteiger partial charge >= 0.3 is 0 Å². The number of hydrogen-bond acceptors (Lipinski definition) is 1. The van der Waals surface area contributed by atoms with Crippen molar-refractivity contribution < 1.29 is 6.17 Å². The number of Topliss-reactive ketones (excluding diaryl/α,β-unsaturated/α-hetero) is 1. The number of carbonyl (C=O) groups is 1. The van der Waals surface area contributed by atoms with Crippen molar-refractivity contribution in [3.05, 3.63) is 0 Å². The largest absolute Gasteiger partial charge is 0.300 e. The van der Waals surface area contributed by atoms with Gasteiger partial charge in [0.15, 0.2) is 0 Å². The van der Waals surface area contributed by atoms with Gasteiger partial charge in [-0.05, 0) is 23.7 Å². The summed E-state index contributed by atoms with van der Waals surface area (Å²) >= 11 is 0. The Morgan fingerprint density at radius 2 is 2.30 bits per heavy atom. The second kappa shape index (κ2) is 1.63. The van der Waals surface area contributed by atoms with Gasteiger partial charge in [-0.15, -0.1) is 0 Å². The van der Waals surface area contributed by atoms with E-state index < -0.39 is 6.40 Å². The van der Waals surface area contributed by atoms with E-state index in [1.54, 1.807) is 0 Å². The summed E-state index contributed by atoms with van der Waals surface area (Å²) < 4.78 is 7.63. The maximum atomic E-state index is 11.1. The zero-order valence-corrected chi connectivity index (χ0v) is 6.55. The topological polar surface area (TPSA) is 17.1 Å². The lowest BCUT2D eigenvalue weighted by Gasteiger charge is -2.55. The van der Waals surface area contributed by atoms with Crippen LogP contribution in [0.15, 0.2) is 0 Å². The number of rotatable bonds is 0. The zero-order chi connectivity index (χ0) is 8.22. The lowest BCUT2D eigenvalue weighted by Crippen LogP contribution is -2.50. The first-order chi connectivity index (χ1) is 5.03. The Labute approximate surface area is 63.2 Å². The van der Waals surface area contributed by atoms with E-state index in [-0.39, 0.29) is 11.2 Å².